The molecule has 0 spiro atoms. The minimum absolute atomic E-state index is 0.0184. The molecule has 2 heterocycles. The van der Waals surface area contributed by atoms with E-state index >= 15 is 0 Å². The van der Waals surface area contributed by atoms with E-state index in [0.717, 1.165) is 37.5 Å². The zero-order chi connectivity index (χ0) is 21.1. The number of fused-ring (bicyclic) bond motifs is 1. The molecule has 0 unspecified atom stereocenters. The smallest absolute Gasteiger partial charge is 0.263 e. The van der Waals surface area contributed by atoms with Crippen LogP contribution in [-0.2, 0) is 10.0 Å². The average Bonchev–Trinajstić information content (AvgIpc) is 3.15. The summed E-state index contributed by atoms with van der Waals surface area (Å²) in [6, 6.07) is 7.78. The monoisotopic (exact) mass is 420 g/mol. The van der Waals surface area contributed by atoms with Gasteiger partial charge in [0.25, 0.3) is 5.92 Å². The molecule has 0 radical (unpaired) electrons. The van der Waals surface area contributed by atoms with E-state index in [9.17, 15) is 17.2 Å². The maximum atomic E-state index is 13.7. The van der Waals surface area contributed by atoms with E-state index in [-0.39, 0.29) is 4.90 Å². The Bertz CT molecular complexity index is 1220. The van der Waals surface area contributed by atoms with Crippen molar-refractivity contribution in [3.63, 3.8) is 0 Å². The number of H-pyrrole nitrogens is 1. The highest BCUT2D eigenvalue weighted by atomic mass is 32.2. The zero-order valence-corrected chi connectivity index (χ0v) is 17.1. The minimum Gasteiger partial charge on any atom is -0.382 e. The molecule has 1 saturated heterocycles. The molecule has 0 amide bonds. The number of nitrogens with zero attached hydrogens (tertiary/aromatic N) is 2. The van der Waals surface area contributed by atoms with E-state index in [0.29, 0.717) is 5.82 Å². The third kappa shape index (κ3) is 3.18. The molecule has 0 saturated carbocycles. The molecule has 1 fully saturated rings. The molecule has 6 nitrogen and oxygen atoms in total. The normalized spacial score (nSPS) is 19.8. The Kier molecular flexibility index (Phi) is 4.43. The van der Waals surface area contributed by atoms with Gasteiger partial charge in [0.15, 0.2) is 5.82 Å². The van der Waals surface area contributed by atoms with Gasteiger partial charge in [0.05, 0.1) is 17.0 Å². The molecule has 3 aromatic rings. The van der Waals surface area contributed by atoms with Crippen molar-refractivity contribution in [1.29, 1.82) is 0 Å². The number of nitrogens with two attached hydrogens (primary N) is 1. The predicted molar refractivity (Wildman–Crippen MR) is 108 cm³/mol. The first-order chi connectivity index (χ1) is 13.5. The van der Waals surface area contributed by atoms with Crippen molar-refractivity contribution in [3.8, 4) is 11.1 Å². The summed E-state index contributed by atoms with van der Waals surface area (Å²) in [5, 5.41) is 7.73. The number of hydrogen-bond donors (Lipinski definition) is 2. The van der Waals surface area contributed by atoms with E-state index in [4.69, 9.17) is 5.73 Å². The van der Waals surface area contributed by atoms with E-state index in [1.54, 1.807) is 13.0 Å². The van der Waals surface area contributed by atoms with Crippen LogP contribution in [0.4, 0.5) is 14.6 Å². The molecule has 154 valence electrons. The fourth-order valence-electron chi connectivity index (χ4n) is 4.14. The maximum absolute atomic E-state index is 13.7. The van der Waals surface area contributed by atoms with Crippen molar-refractivity contribution in [1.82, 2.24) is 14.5 Å². The molecule has 4 rings (SSSR count). The Labute approximate surface area is 167 Å². The Hall–Kier alpha value is -2.52. The number of benzene rings is 2. The number of nitrogen functional groups attached to an aromatic ring is 1. The summed E-state index contributed by atoms with van der Waals surface area (Å²) >= 11 is 0. The topological polar surface area (TPSA) is 92.1 Å². The van der Waals surface area contributed by atoms with Crippen molar-refractivity contribution in [3.05, 3.63) is 41.5 Å². The summed E-state index contributed by atoms with van der Waals surface area (Å²) in [4.78, 5) is 0.0184. The highest BCUT2D eigenvalue weighted by Crippen LogP contribution is 2.37. The molecular weight excluding hydrogens is 398 g/mol. The molecule has 1 aliphatic heterocycles. The van der Waals surface area contributed by atoms with Crippen LogP contribution >= 0.6 is 0 Å². The van der Waals surface area contributed by atoms with Gasteiger partial charge in [-0.2, -0.15) is 9.40 Å². The number of aryl methyl sites for hydroxylation is 2. The lowest BCUT2D eigenvalue weighted by molar-refractivity contribution is 0.0173. The third-order valence-electron chi connectivity index (χ3n) is 5.59. The van der Waals surface area contributed by atoms with Crippen LogP contribution < -0.4 is 5.73 Å². The maximum Gasteiger partial charge on any atom is 0.263 e. The van der Waals surface area contributed by atoms with Crippen molar-refractivity contribution >= 4 is 26.7 Å². The number of aromatic nitrogens is 2. The van der Waals surface area contributed by atoms with Gasteiger partial charge in [-0.15, -0.1) is 0 Å². The van der Waals surface area contributed by atoms with Crippen molar-refractivity contribution in [2.75, 3.05) is 12.3 Å². The highest BCUT2D eigenvalue weighted by Gasteiger charge is 2.48. The van der Waals surface area contributed by atoms with Gasteiger partial charge < -0.3 is 5.73 Å². The van der Waals surface area contributed by atoms with Crippen molar-refractivity contribution in [2.24, 2.45) is 0 Å². The molecule has 2 aromatic carbocycles. The average molecular weight is 420 g/mol. The first-order valence-corrected chi connectivity index (χ1v) is 10.7. The summed E-state index contributed by atoms with van der Waals surface area (Å²) in [6.45, 7) is 4.46. The highest BCUT2D eigenvalue weighted by molar-refractivity contribution is 7.89. The van der Waals surface area contributed by atoms with E-state index in [2.05, 4.69) is 10.2 Å². The second-order valence-corrected chi connectivity index (χ2v) is 9.60. The lowest BCUT2D eigenvalue weighted by atomic mass is 9.94. The number of alkyl halides is 2. The van der Waals surface area contributed by atoms with Crippen LogP contribution in [0.15, 0.2) is 35.2 Å². The van der Waals surface area contributed by atoms with Gasteiger partial charge in [-0.05, 0) is 61.2 Å². The lowest BCUT2D eigenvalue weighted by Crippen LogP contribution is -2.35. The quantitative estimate of drug-likeness (QED) is 0.673. The van der Waals surface area contributed by atoms with E-state index in [1.165, 1.54) is 19.1 Å². The van der Waals surface area contributed by atoms with Crippen LogP contribution in [0.25, 0.3) is 22.0 Å². The van der Waals surface area contributed by atoms with E-state index < -0.39 is 35.0 Å². The Morgan fingerprint density at radius 1 is 1.21 bits per heavy atom. The largest absolute Gasteiger partial charge is 0.382 e. The number of aromatic amines is 1. The lowest BCUT2D eigenvalue weighted by Gasteiger charge is -2.21. The van der Waals surface area contributed by atoms with Crippen LogP contribution in [-0.4, -0.2) is 41.4 Å². The first-order valence-electron chi connectivity index (χ1n) is 9.25. The molecule has 1 aromatic heterocycles. The van der Waals surface area contributed by atoms with Gasteiger partial charge in [0.1, 0.15) is 0 Å². The summed E-state index contributed by atoms with van der Waals surface area (Å²) < 4.78 is 54.2. The zero-order valence-electron chi connectivity index (χ0n) is 16.3. The van der Waals surface area contributed by atoms with Gasteiger partial charge in [-0.3, -0.25) is 5.10 Å². The molecule has 1 atom stereocenters. The summed E-state index contributed by atoms with van der Waals surface area (Å²) in [5.41, 5.74) is 10.2. The molecule has 1 aliphatic rings. The van der Waals surface area contributed by atoms with Gasteiger partial charge in [-0.1, -0.05) is 12.1 Å². The number of nitrogens with one attached hydrogen (secondary N) is 1. The van der Waals surface area contributed by atoms with E-state index in [1.807, 2.05) is 19.1 Å². The fourth-order valence-corrected chi connectivity index (χ4v) is 5.89. The molecule has 29 heavy (non-hydrogen) atoms. The van der Waals surface area contributed by atoms with Crippen LogP contribution in [0.3, 0.4) is 0 Å². The number of sulfonamides is 1. The van der Waals surface area contributed by atoms with Gasteiger partial charge >= 0.3 is 0 Å². The Balaban J connectivity index is 1.76. The first kappa shape index (κ1) is 19.8. The van der Waals surface area contributed by atoms with Crippen LogP contribution in [0, 0.1) is 13.8 Å². The van der Waals surface area contributed by atoms with Gasteiger partial charge in [0.2, 0.25) is 10.0 Å². The number of hydrogen-bond acceptors (Lipinski definition) is 4. The number of anilines is 1. The van der Waals surface area contributed by atoms with Crippen LogP contribution in [0.1, 0.15) is 24.5 Å². The molecular formula is C20H22F2N4O2S. The summed E-state index contributed by atoms with van der Waals surface area (Å²) in [6.07, 6.45) is -0.464. The SMILES string of the molecule is Cc1cc(S(=O)(=O)N2CC(F)(F)C[C@@H]2C)ccc1-c1ccc2[nH]nc(N)c2c1C. The third-order valence-corrected chi connectivity index (χ3v) is 7.54. The molecule has 3 N–H and O–H groups in total. The van der Waals surface area contributed by atoms with Crippen LogP contribution in [0.5, 0.6) is 0 Å². The van der Waals surface area contributed by atoms with Crippen molar-refractivity contribution in [2.45, 2.75) is 44.1 Å². The second kappa shape index (κ2) is 6.50. The van der Waals surface area contributed by atoms with Gasteiger partial charge in [-0.25, -0.2) is 17.2 Å². The number of rotatable bonds is 3. The molecule has 0 aliphatic carbocycles. The molecule has 9 heteroatoms. The Morgan fingerprint density at radius 3 is 2.52 bits per heavy atom. The van der Waals surface area contributed by atoms with Crippen LogP contribution in [0.2, 0.25) is 0 Å². The number of halogens is 2. The van der Waals surface area contributed by atoms with Gasteiger partial charge in [0, 0.05) is 17.8 Å². The molecule has 0 bridgehead atoms. The Morgan fingerprint density at radius 2 is 1.90 bits per heavy atom. The minimum atomic E-state index is -4.00. The van der Waals surface area contributed by atoms with Crippen molar-refractivity contribution < 1.29 is 17.2 Å². The fraction of sp³-hybridized carbons (Fsp3) is 0.350. The standard InChI is InChI=1S/C20H22F2N4O2S/c1-11-8-14(29(27,28)26-10-20(21,22)9-12(26)2)4-5-15(11)16-6-7-17-18(13(16)3)19(23)25-24-17/h4-8,12H,9-10H2,1-3H3,(H3,23,24,25)/t12-/m0/s1. The predicted octanol–water partition coefficient (Wildman–Crippen LogP) is 3.85. The summed E-state index contributed by atoms with van der Waals surface area (Å²) in [7, 11) is -4.00. The second-order valence-electron chi connectivity index (χ2n) is 7.71. The summed E-state index contributed by atoms with van der Waals surface area (Å²) in [5.74, 6) is -2.60.